The van der Waals surface area contributed by atoms with Crippen LogP contribution in [-0.2, 0) is 16.0 Å². The number of para-hydroxylation sites is 2. The maximum atomic E-state index is 9.58. The zero-order valence-corrected chi connectivity index (χ0v) is 13.5. The Balaban J connectivity index is 0.000000480. The number of carboxylic acid groups (broad SMARTS) is 2. The molecule has 0 aliphatic rings. The van der Waals surface area contributed by atoms with Gasteiger partial charge in [0.25, 0.3) is 0 Å². The van der Waals surface area contributed by atoms with E-state index in [1.54, 1.807) is 24.3 Å². The van der Waals surface area contributed by atoms with E-state index in [0.29, 0.717) is 6.42 Å². The van der Waals surface area contributed by atoms with Gasteiger partial charge in [0, 0.05) is 18.6 Å². The molecule has 0 heterocycles. The molecule has 0 unspecified atom stereocenters. The van der Waals surface area contributed by atoms with E-state index < -0.39 is 11.9 Å². The molecule has 0 aromatic heterocycles. The Morgan fingerprint density at radius 2 is 1.04 bits per heavy atom. The smallest absolute Gasteiger partial charge is 0.327 e. The van der Waals surface area contributed by atoms with E-state index in [-0.39, 0.29) is 11.5 Å². The molecule has 2 rings (SSSR count). The van der Waals surface area contributed by atoms with Gasteiger partial charge in [-0.1, -0.05) is 49.6 Å². The number of aliphatic carboxylic acids is 2. The van der Waals surface area contributed by atoms with Crippen LogP contribution < -0.4 is 0 Å². The first kappa shape index (κ1) is 21.5. The summed E-state index contributed by atoms with van der Waals surface area (Å²) in [5, 5.41) is 34.4. The number of hydrogen-bond donors (Lipinski definition) is 4. The summed E-state index contributed by atoms with van der Waals surface area (Å²) >= 11 is 0. The Labute approximate surface area is 145 Å². The Bertz CT molecular complexity index is 660. The van der Waals surface area contributed by atoms with Gasteiger partial charge in [-0.3, -0.25) is 0 Å². The van der Waals surface area contributed by atoms with Gasteiger partial charge in [0.1, 0.15) is 11.5 Å². The van der Waals surface area contributed by atoms with E-state index in [9.17, 15) is 19.8 Å². The molecule has 0 radical (unpaired) electrons. The highest BCUT2D eigenvalue weighted by Crippen LogP contribution is 2.24. The molecule has 6 heteroatoms. The lowest BCUT2D eigenvalue weighted by Gasteiger charge is -2.05. The molecule has 0 saturated carbocycles. The van der Waals surface area contributed by atoms with E-state index >= 15 is 0 Å². The molecule has 132 valence electrons. The van der Waals surface area contributed by atoms with Crippen molar-refractivity contribution in [1.82, 2.24) is 0 Å². The molecule has 2 aromatic carbocycles. The lowest BCUT2D eigenvalue weighted by molar-refractivity contribution is -0.132. The van der Waals surface area contributed by atoms with Crippen LogP contribution in [0.25, 0.3) is 0 Å². The van der Waals surface area contributed by atoms with Crippen LogP contribution >= 0.6 is 0 Å². The summed E-state index contributed by atoms with van der Waals surface area (Å²) in [6.45, 7) is 5.92. The third-order valence-electron chi connectivity index (χ3n) is 2.71. The first-order chi connectivity index (χ1) is 11.8. The maximum absolute atomic E-state index is 9.58. The third kappa shape index (κ3) is 9.96. The second-order valence-corrected chi connectivity index (χ2v) is 4.52. The first-order valence-corrected chi connectivity index (χ1v) is 7.06. The number of aromatic hydroxyl groups is 2. The quantitative estimate of drug-likeness (QED) is 0.633. The fraction of sp³-hybridized carbons (Fsp3) is 0.0526. The largest absolute Gasteiger partial charge is 0.508 e. The molecule has 0 bridgehead atoms. The number of carboxylic acids is 2. The van der Waals surface area contributed by atoms with Crippen LogP contribution in [0.1, 0.15) is 11.1 Å². The zero-order chi connectivity index (χ0) is 19.2. The lowest BCUT2D eigenvalue weighted by atomic mass is 10.0. The standard InChI is InChI=1S/C13H12O2.2C3H4O2/c14-12-7-3-1-5-10(12)9-11-6-2-4-8-13(11)15;2*1-2-3(4)5/h1-8,14-15H,9H2;2*2H,1H2,(H,4,5). The van der Waals surface area contributed by atoms with Crippen molar-refractivity contribution in [2.45, 2.75) is 6.42 Å². The van der Waals surface area contributed by atoms with Crippen molar-refractivity contribution in [1.29, 1.82) is 0 Å². The molecule has 0 spiro atoms. The minimum atomic E-state index is -0.981. The molecule has 0 amide bonds. The first-order valence-electron chi connectivity index (χ1n) is 7.06. The molecule has 0 fully saturated rings. The average Bonchev–Trinajstić information content (AvgIpc) is 2.60. The summed E-state index contributed by atoms with van der Waals surface area (Å²) in [7, 11) is 0. The van der Waals surface area contributed by atoms with E-state index in [4.69, 9.17) is 10.2 Å². The van der Waals surface area contributed by atoms with Crippen LogP contribution in [0.3, 0.4) is 0 Å². The molecular formula is C19H20O6. The fourth-order valence-corrected chi connectivity index (χ4v) is 1.53. The summed E-state index contributed by atoms with van der Waals surface area (Å²) in [6, 6.07) is 14.3. The van der Waals surface area contributed by atoms with Crippen LogP contribution in [0.4, 0.5) is 0 Å². The Morgan fingerprint density at radius 1 is 0.760 bits per heavy atom. The molecule has 2 aromatic rings. The van der Waals surface area contributed by atoms with Gasteiger partial charge in [0.15, 0.2) is 0 Å². The number of hydrogen-bond acceptors (Lipinski definition) is 4. The van der Waals surface area contributed by atoms with Crippen LogP contribution in [0.15, 0.2) is 73.8 Å². The van der Waals surface area contributed by atoms with Gasteiger partial charge >= 0.3 is 11.9 Å². The van der Waals surface area contributed by atoms with Crippen molar-refractivity contribution < 1.29 is 30.0 Å². The Morgan fingerprint density at radius 3 is 1.28 bits per heavy atom. The highest BCUT2D eigenvalue weighted by atomic mass is 16.4. The summed E-state index contributed by atoms with van der Waals surface area (Å²) in [4.78, 5) is 18.5. The minimum Gasteiger partial charge on any atom is -0.508 e. The summed E-state index contributed by atoms with van der Waals surface area (Å²) < 4.78 is 0. The number of phenols is 2. The predicted octanol–water partition coefficient (Wildman–Crippen LogP) is 3.20. The molecule has 0 aliphatic carbocycles. The third-order valence-corrected chi connectivity index (χ3v) is 2.71. The topological polar surface area (TPSA) is 115 Å². The Hall–Kier alpha value is -3.54. The van der Waals surface area contributed by atoms with Gasteiger partial charge in [-0.25, -0.2) is 9.59 Å². The average molecular weight is 344 g/mol. The van der Waals surface area contributed by atoms with Crippen LogP contribution in [0.2, 0.25) is 0 Å². The van der Waals surface area contributed by atoms with Crippen LogP contribution in [0, 0.1) is 0 Å². The second-order valence-electron chi connectivity index (χ2n) is 4.52. The van der Waals surface area contributed by atoms with Crippen LogP contribution in [0.5, 0.6) is 11.5 Å². The maximum Gasteiger partial charge on any atom is 0.327 e. The number of phenolic OH excluding ortho intramolecular Hbond substituents is 2. The van der Waals surface area contributed by atoms with Crippen LogP contribution in [-0.4, -0.2) is 32.4 Å². The van der Waals surface area contributed by atoms with Crippen molar-refractivity contribution >= 4 is 11.9 Å². The van der Waals surface area contributed by atoms with Crippen molar-refractivity contribution in [3.8, 4) is 11.5 Å². The predicted molar refractivity (Wildman–Crippen MR) is 94.7 cm³/mol. The fourth-order valence-electron chi connectivity index (χ4n) is 1.53. The van der Waals surface area contributed by atoms with Crippen molar-refractivity contribution in [2.24, 2.45) is 0 Å². The van der Waals surface area contributed by atoms with Gasteiger partial charge in [0.2, 0.25) is 0 Å². The van der Waals surface area contributed by atoms with E-state index in [1.807, 2.05) is 24.3 Å². The number of rotatable bonds is 4. The molecule has 6 nitrogen and oxygen atoms in total. The van der Waals surface area contributed by atoms with Crippen molar-refractivity contribution in [3.05, 3.63) is 85.0 Å². The van der Waals surface area contributed by atoms with Gasteiger partial charge < -0.3 is 20.4 Å². The summed E-state index contributed by atoms with van der Waals surface area (Å²) in [6.07, 6.45) is 2.21. The van der Waals surface area contributed by atoms with E-state index in [2.05, 4.69) is 13.2 Å². The zero-order valence-electron chi connectivity index (χ0n) is 13.5. The van der Waals surface area contributed by atoms with E-state index in [1.165, 1.54) is 0 Å². The highest BCUT2D eigenvalue weighted by molar-refractivity contribution is 5.79. The normalized spacial score (nSPS) is 8.64. The Kier molecular flexibility index (Phi) is 10.3. The SMILES string of the molecule is C=CC(=O)O.C=CC(=O)O.Oc1ccccc1Cc1ccccc1O. The molecule has 4 N–H and O–H groups in total. The molecule has 0 aliphatic heterocycles. The van der Waals surface area contributed by atoms with Crippen molar-refractivity contribution in [2.75, 3.05) is 0 Å². The lowest BCUT2D eigenvalue weighted by Crippen LogP contribution is -1.88. The van der Waals surface area contributed by atoms with Crippen molar-refractivity contribution in [3.63, 3.8) is 0 Å². The van der Waals surface area contributed by atoms with Gasteiger partial charge in [-0.2, -0.15) is 0 Å². The highest BCUT2D eigenvalue weighted by Gasteiger charge is 2.04. The summed E-state index contributed by atoms with van der Waals surface area (Å²) in [5.41, 5.74) is 1.64. The molecule has 25 heavy (non-hydrogen) atoms. The number of benzene rings is 2. The second kappa shape index (κ2) is 12.0. The molecule has 0 atom stereocenters. The van der Waals surface area contributed by atoms with E-state index in [0.717, 1.165) is 23.3 Å². The summed E-state index contributed by atoms with van der Waals surface area (Å²) in [5.74, 6) is -1.43. The van der Waals surface area contributed by atoms with Gasteiger partial charge in [-0.05, 0) is 23.3 Å². The monoisotopic (exact) mass is 344 g/mol. The molecular weight excluding hydrogens is 324 g/mol. The minimum absolute atomic E-state index is 0.265. The number of carbonyl (C=O) groups is 2. The molecule has 0 saturated heterocycles. The van der Waals surface area contributed by atoms with Gasteiger partial charge in [-0.15, -0.1) is 0 Å². The van der Waals surface area contributed by atoms with Gasteiger partial charge in [0.05, 0.1) is 0 Å².